The van der Waals surface area contributed by atoms with Crippen molar-refractivity contribution in [2.45, 2.75) is 13.0 Å². The third-order valence-corrected chi connectivity index (χ3v) is 3.60. The van der Waals surface area contributed by atoms with Crippen LogP contribution in [0.25, 0.3) is 0 Å². The number of carboxylic acids is 1. The molecule has 0 saturated carbocycles. The summed E-state index contributed by atoms with van der Waals surface area (Å²) in [6, 6.07) is 10.7. The van der Waals surface area contributed by atoms with Gasteiger partial charge in [-0.15, -0.1) is 0 Å². The minimum Gasteiger partial charge on any atom is -0.493 e. The van der Waals surface area contributed by atoms with E-state index in [1.54, 1.807) is 24.3 Å². The van der Waals surface area contributed by atoms with Gasteiger partial charge in [0, 0.05) is 12.1 Å². The van der Waals surface area contributed by atoms with E-state index in [1.165, 1.54) is 25.3 Å². The van der Waals surface area contributed by atoms with E-state index in [9.17, 15) is 18.4 Å². The molecule has 0 aliphatic rings. The van der Waals surface area contributed by atoms with E-state index < -0.39 is 19.2 Å². The Labute approximate surface area is 159 Å². The number of aliphatic carboxylic acids is 1. The Bertz CT molecular complexity index is 828. The maximum Gasteiger partial charge on any atom is 0.387 e. The molecule has 0 aliphatic heterocycles. The van der Waals surface area contributed by atoms with Crippen molar-refractivity contribution in [3.05, 3.63) is 53.6 Å². The maximum absolute atomic E-state index is 12.5. The minimum atomic E-state index is -2.97. The molecule has 0 fully saturated rings. The van der Waals surface area contributed by atoms with Crippen LogP contribution >= 0.6 is 0 Å². The molecule has 2 aromatic rings. The van der Waals surface area contributed by atoms with Gasteiger partial charge in [-0.05, 0) is 42.3 Å². The van der Waals surface area contributed by atoms with E-state index in [2.05, 4.69) is 10.1 Å². The molecule has 2 aromatic carbocycles. The van der Waals surface area contributed by atoms with Crippen LogP contribution in [0.15, 0.2) is 42.5 Å². The lowest BCUT2D eigenvalue weighted by Crippen LogP contribution is -2.25. The fourth-order valence-corrected chi connectivity index (χ4v) is 2.36. The van der Waals surface area contributed by atoms with Gasteiger partial charge < -0.3 is 24.6 Å². The molecule has 0 aromatic heterocycles. The lowest BCUT2D eigenvalue weighted by Gasteiger charge is -2.12. The van der Waals surface area contributed by atoms with E-state index in [4.69, 9.17) is 14.6 Å². The predicted molar refractivity (Wildman–Crippen MR) is 95.2 cm³/mol. The highest BCUT2D eigenvalue weighted by molar-refractivity contribution is 5.94. The summed E-state index contributed by atoms with van der Waals surface area (Å²) in [5.41, 5.74) is 0.981. The van der Waals surface area contributed by atoms with Crippen molar-refractivity contribution in [2.75, 3.05) is 20.3 Å². The van der Waals surface area contributed by atoms with Gasteiger partial charge in [0.25, 0.3) is 5.91 Å². The number of nitrogens with one attached hydrogen (secondary N) is 1. The molecule has 2 N–H and O–H groups in total. The summed E-state index contributed by atoms with van der Waals surface area (Å²) in [6.07, 6.45) is 0.380. The standard InChI is InChI=1S/C19H19F2NO6/c1-26-15-6-5-12(9-16(15)28-19(20)21)7-8-22-18(25)13-3-2-4-14(10-13)27-11-17(23)24/h2-6,9-10,19H,7-8,11H2,1H3,(H,22,25)(H,23,24). The first-order valence-electron chi connectivity index (χ1n) is 8.23. The van der Waals surface area contributed by atoms with Gasteiger partial charge in [0.1, 0.15) is 5.75 Å². The summed E-state index contributed by atoms with van der Waals surface area (Å²) in [5, 5.41) is 11.3. The summed E-state index contributed by atoms with van der Waals surface area (Å²) in [7, 11) is 1.35. The second kappa shape index (κ2) is 10.1. The Hall–Kier alpha value is -3.36. The summed E-state index contributed by atoms with van der Waals surface area (Å²) in [4.78, 5) is 22.7. The number of carbonyl (C=O) groups is 2. The molecule has 0 spiro atoms. The fraction of sp³-hybridized carbons (Fsp3) is 0.263. The van der Waals surface area contributed by atoms with Crippen molar-refractivity contribution in [1.29, 1.82) is 0 Å². The van der Waals surface area contributed by atoms with Crippen molar-refractivity contribution in [1.82, 2.24) is 5.32 Å². The van der Waals surface area contributed by atoms with Gasteiger partial charge in [0.2, 0.25) is 0 Å². The van der Waals surface area contributed by atoms with Gasteiger partial charge in [-0.25, -0.2) is 4.79 Å². The van der Waals surface area contributed by atoms with Crippen LogP contribution in [0, 0.1) is 0 Å². The Morgan fingerprint density at radius 2 is 1.93 bits per heavy atom. The average molecular weight is 395 g/mol. The number of amides is 1. The summed E-state index contributed by atoms with van der Waals surface area (Å²) < 4.78 is 39.4. The lowest BCUT2D eigenvalue weighted by molar-refractivity contribution is -0.139. The molecule has 0 saturated heterocycles. The first-order chi connectivity index (χ1) is 13.4. The molecule has 2 rings (SSSR count). The van der Waals surface area contributed by atoms with Crippen LogP contribution in [0.5, 0.6) is 17.2 Å². The SMILES string of the molecule is COc1ccc(CCNC(=O)c2cccc(OCC(=O)O)c2)cc1OC(F)F. The van der Waals surface area contributed by atoms with Crippen LogP contribution in [0.1, 0.15) is 15.9 Å². The van der Waals surface area contributed by atoms with Crippen molar-refractivity contribution < 1.29 is 37.7 Å². The molecule has 0 atom stereocenters. The lowest BCUT2D eigenvalue weighted by atomic mass is 10.1. The van der Waals surface area contributed by atoms with Gasteiger partial charge in [0.15, 0.2) is 18.1 Å². The molecule has 0 radical (unpaired) electrons. The second-order valence-corrected chi connectivity index (χ2v) is 5.58. The van der Waals surface area contributed by atoms with Crippen molar-refractivity contribution in [2.24, 2.45) is 0 Å². The van der Waals surface area contributed by atoms with Crippen LogP contribution in [-0.2, 0) is 11.2 Å². The molecular formula is C19H19F2NO6. The maximum atomic E-state index is 12.5. The molecule has 28 heavy (non-hydrogen) atoms. The van der Waals surface area contributed by atoms with Crippen LogP contribution in [-0.4, -0.2) is 43.9 Å². The molecule has 0 unspecified atom stereocenters. The molecule has 1 amide bonds. The number of rotatable bonds is 10. The van der Waals surface area contributed by atoms with Gasteiger partial charge in [-0.3, -0.25) is 4.79 Å². The monoisotopic (exact) mass is 395 g/mol. The van der Waals surface area contributed by atoms with Crippen molar-refractivity contribution >= 4 is 11.9 Å². The molecule has 150 valence electrons. The molecule has 0 bridgehead atoms. The molecule has 0 aliphatic carbocycles. The number of carboxylic acid groups (broad SMARTS) is 1. The van der Waals surface area contributed by atoms with E-state index in [-0.39, 0.29) is 29.7 Å². The Morgan fingerprint density at radius 3 is 2.61 bits per heavy atom. The average Bonchev–Trinajstić information content (AvgIpc) is 2.66. The first-order valence-corrected chi connectivity index (χ1v) is 8.23. The normalized spacial score (nSPS) is 10.4. The fourth-order valence-electron chi connectivity index (χ4n) is 2.36. The van der Waals surface area contributed by atoms with E-state index in [0.717, 1.165) is 0 Å². The van der Waals surface area contributed by atoms with E-state index >= 15 is 0 Å². The number of carbonyl (C=O) groups excluding carboxylic acids is 1. The van der Waals surface area contributed by atoms with Crippen molar-refractivity contribution in [3.8, 4) is 17.2 Å². The molecule has 9 heteroatoms. The number of alkyl halides is 2. The third kappa shape index (κ3) is 6.42. The van der Waals surface area contributed by atoms with Gasteiger partial charge in [-0.2, -0.15) is 8.78 Å². The zero-order valence-electron chi connectivity index (χ0n) is 15.0. The Morgan fingerprint density at radius 1 is 1.14 bits per heavy atom. The second-order valence-electron chi connectivity index (χ2n) is 5.58. The zero-order valence-corrected chi connectivity index (χ0v) is 15.0. The highest BCUT2D eigenvalue weighted by Crippen LogP contribution is 2.29. The highest BCUT2D eigenvalue weighted by Gasteiger charge is 2.12. The van der Waals surface area contributed by atoms with E-state index in [0.29, 0.717) is 17.5 Å². The number of ether oxygens (including phenoxy) is 3. The summed E-state index contributed by atoms with van der Waals surface area (Å²) >= 11 is 0. The smallest absolute Gasteiger partial charge is 0.387 e. The van der Waals surface area contributed by atoms with Crippen molar-refractivity contribution in [3.63, 3.8) is 0 Å². The van der Waals surface area contributed by atoms with Gasteiger partial charge in [-0.1, -0.05) is 12.1 Å². The topological polar surface area (TPSA) is 94.1 Å². The molecule has 0 heterocycles. The summed E-state index contributed by atoms with van der Waals surface area (Å²) in [5.74, 6) is -1.13. The van der Waals surface area contributed by atoms with Gasteiger partial charge in [0.05, 0.1) is 7.11 Å². The number of methoxy groups -OCH3 is 1. The molecule has 7 nitrogen and oxygen atoms in total. The molecular weight excluding hydrogens is 376 g/mol. The van der Waals surface area contributed by atoms with Crippen LogP contribution in [0.3, 0.4) is 0 Å². The van der Waals surface area contributed by atoms with Crippen LogP contribution < -0.4 is 19.5 Å². The number of hydrogen-bond acceptors (Lipinski definition) is 5. The third-order valence-electron chi connectivity index (χ3n) is 3.60. The number of halogens is 2. The van der Waals surface area contributed by atoms with E-state index in [1.807, 2.05) is 0 Å². The Balaban J connectivity index is 1.93. The zero-order chi connectivity index (χ0) is 20.5. The van der Waals surface area contributed by atoms with Crippen LogP contribution in [0.4, 0.5) is 8.78 Å². The number of benzene rings is 2. The predicted octanol–water partition coefficient (Wildman–Crippen LogP) is 2.73. The highest BCUT2D eigenvalue weighted by atomic mass is 19.3. The van der Waals surface area contributed by atoms with Crippen LogP contribution in [0.2, 0.25) is 0 Å². The quantitative estimate of drug-likeness (QED) is 0.643. The minimum absolute atomic E-state index is 0.0791. The Kier molecular flexibility index (Phi) is 7.55. The van der Waals surface area contributed by atoms with Gasteiger partial charge >= 0.3 is 12.6 Å². The largest absolute Gasteiger partial charge is 0.493 e. The number of hydrogen-bond donors (Lipinski definition) is 2. The summed E-state index contributed by atoms with van der Waals surface area (Å²) in [6.45, 7) is -3.23. The first kappa shape index (κ1) is 20.9.